The number of amides is 1. The Hall–Kier alpha value is -1.61. The summed E-state index contributed by atoms with van der Waals surface area (Å²) in [6.07, 6.45) is 1.13. The highest BCUT2D eigenvalue weighted by molar-refractivity contribution is 7.10. The molecule has 0 saturated carbocycles. The van der Waals surface area contributed by atoms with E-state index in [0.29, 0.717) is 17.4 Å². The van der Waals surface area contributed by atoms with Gasteiger partial charge in [-0.1, -0.05) is 39.0 Å². The molecule has 0 bridgehead atoms. The van der Waals surface area contributed by atoms with Crippen molar-refractivity contribution in [3.63, 3.8) is 0 Å². The van der Waals surface area contributed by atoms with Crippen LogP contribution in [-0.4, -0.2) is 5.91 Å². The van der Waals surface area contributed by atoms with E-state index in [4.69, 9.17) is 0 Å². The van der Waals surface area contributed by atoms with Crippen LogP contribution in [0.5, 0.6) is 0 Å². The summed E-state index contributed by atoms with van der Waals surface area (Å²) in [7, 11) is 0. The fourth-order valence-corrected chi connectivity index (χ4v) is 3.33. The van der Waals surface area contributed by atoms with Crippen LogP contribution in [0.3, 0.4) is 0 Å². The number of carbonyl (C=O) groups is 1. The summed E-state index contributed by atoms with van der Waals surface area (Å²) in [5.74, 6) is 1.09. The lowest BCUT2D eigenvalue weighted by molar-refractivity contribution is 0.102. The van der Waals surface area contributed by atoms with E-state index in [-0.39, 0.29) is 5.91 Å². The summed E-state index contributed by atoms with van der Waals surface area (Å²) in [6.45, 7) is 6.68. The van der Waals surface area contributed by atoms with Crippen LogP contribution in [0, 0.1) is 5.92 Å². The third kappa shape index (κ3) is 3.70. The quantitative estimate of drug-likeness (QED) is 0.809. The van der Waals surface area contributed by atoms with Crippen LogP contribution < -0.4 is 5.32 Å². The van der Waals surface area contributed by atoms with Crippen molar-refractivity contribution in [2.24, 2.45) is 5.92 Å². The van der Waals surface area contributed by atoms with Gasteiger partial charge in [-0.05, 0) is 41.8 Å². The van der Waals surface area contributed by atoms with Gasteiger partial charge in [0, 0.05) is 10.4 Å². The summed E-state index contributed by atoms with van der Waals surface area (Å²) in [5.41, 5.74) is 1.65. The molecule has 1 aromatic carbocycles. The van der Waals surface area contributed by atoms with Crippen LogP contribution >= 0.6 is 11.3 Å². The normalized spacial score (nSPS) is 12.4. The predicted octanol–water partition coefficient (Wildman–Crippen LogP) is 5.15. The molecule has 1 unspecified atom stereocenters. The maximum absolute atomic E-state index is 12.2. The van der Waals surface area contributed by atoms with Gasteiger partial charge in [-0.2, -0.15) is 0 Å². The van der Waals surface area contributed by atoms with Gasteiger partial charge in [0.25, 0.3) is 5.91 Å². The van der Waals surface area contributed by atoms with Gasteiger partial charge >= 0.3 is 0 Å². The van der Waals surface area contributed by atoms with Crippen molar-refractivity contribution in [1.82, 2.24) is 0 Å². The summed E-state index contributed by atoms with van der Waals surface area (Å²) >= 11 is 1.72. The fraction of sp³-hybridized carbons (Fsp3) is 0.353. The zero-order valence-corrected chi connectivity index (χ0v) is 13.0. The summed E-state index contributed by atoms with van der Waals surface area (Å²) < 4.78 is 0. The summed E-state index contributed by atoms with van der Waals surface area (Å²) in [4.78, 5) is 13.5. The Bertz CT molecular complexity index is 559. The van der Waals surface area contributed by atoms with E-state index in [9.17, 15) is 4.79 Å². The molecule has 0 aliphatic rings. The monoisotopic (exact) mass is 287 g/mol. The SMILES string of the molecule is CC(C)CC(C)c1sccc1NC(=O)c1ccccc1. The molecule has 1 amide bonds. The molecule has 0 spiro atoms. The van der Waals surface area contributed by atoms with Crippen LogP contribution in [0.2, 0.25) is 0 Å². The molecule has 0 saturated heterocycles. The third-order valence-corrected chi connectivity index (χ3v) is 4.40. The van der Waals surface area contributed by atoms with Crippen molar-refractivity contribution in [2.75, 3.05) is 5.32 Å². The first-order chi connectivity index (χ1) is 9.58. The fourth-order valence-electron chi connectivity index (χ4n) is 2.40. The number of hydrogen-bond donors (Lipinski definition) is 1. The number of hydrogen-bond acceptors (Lipinski definition) is 2. The standard InChI is InChI=1S/C17H21NOS/c1-12(2)11-13(3)16-15(9-10-20-16)18-17(19)14-7-5-4-6-8-14/h4-10,12-13H,11H2,1-3H3,(H,18,19). The van der Waals surface area contributed by atoms with Crippen LogP contribution in [0.25, 0.3) is 0 Å². The average molecular weight is 287 g/mol. The lowest BCUT2D eigenvalue weighted by atomic mass is 9.97. The van der Waals surface area contributed by atoms with E-state index < -0.39 is 0 Å². The minimum absolute atomic E-state index is 0.0398. The van der Waals surface area contributed by atoms with Crippen molar-refractivity contribution in [3.05, 3.63) is 52.2 Å². The molecule has 0 radical (unpaired) electrons. The maximum atomic E-state index is 12.2. The second-order valence-corrected chi connectivity index (χ2v) is 6.50. The van der Waals surface area contributed by atoms with Gasteiger partial charge in [0.15, 0.2) is 0 Å². The number of benzene rings is 1. The zero-order chi connectivity index (χ0) is 14.5. The number of thiophene rings is 1. The van der Waals surface area contributed by atoms with Crippen LogP contribution in [-0.2, 0) is 0 Å². The molecule has 106 valence electrons. The molecular formula is C17H21NOS. The first kappa shape index (κ1) is 14.8. The molecule has 2 aromatic rings. The van der Waals surface area contributed by atoms with Gasteiger partial charge in [0.1, 0.15) is 0 Å². The smallest absolute Gasteiger partial charge is 0.255 e. The highest BCUT2D eigenvalue weighted by atomic mass is 32.1. The van der Waals surface area contributed by atoms with E-state index in [1.165, 1.54) is 4.88 Å². The van der Waals surface area contributed by atoms with Gasteiger partial charge in [-0.25, -0.2) is 0 Å². The molecule has 1 N–H and O–H groups in total. The molecule has 1 heterocycles. The molecule has 0 aliphatic heterocycles. The highest BCUT2D eigenvalue weighted by Gasteiger charge is 2.16. The maximum Gasteiger partial charge on any atom is 0.255 e. The molecule has 0 aliphatic carbocycles. The Balaban J connectivity index is 2.11. The van der Waals surface area contributed by atoms with Crippen LogP contribution in [0.4, 0.5) is 5.69 Å². The number of anilines is 1. The topological polar surface area (TPSA) is 29.1 Å². The van der Waals surface area contributed by atoms with E-state index in [1.54, 1.807) is 11.3 Å². The van der Waals surface area contributed by atoms with Crippen molar-refractivity contribution in [2.45, 2.75) is 33.1 Å². The molecular weight excluding hydrogens is 266 g/mol. The Morgan fingerprint density at radius 3 is 2.50 bits per heavy atom. The molecule has 20 heavy (non-hydrogen) atoms. The lowest BCUT2D eigenvalue weighted by Crippen LogP contribution is -2.12. The lowest BCUT2D eigenvalue weighted by Gasteiger charge is -2.15. The second-order valence-electron chi connectivity index (χ2n) is 5.55. The van der Waals surface area contributed by atoms with Gasteiger partial charge in [0.2, 0.25) is 0 Å². The summed E-state index contributed by atoms with van der Waals surface area (Å²) in [5, 5.41) is 5.08. The third-order valence-electron chi connectivity index (χ3n) is 3.25. The molecule has 1 aromatic heterocycles. The zero-order valence-electron chi connectivity index (χ0n) is 12.2. The molecule has 2 rings (SSSR count). The van der Waals surface area contributed by atoms with Crippen molar-refractivity contribution in [1.29, 1.82) is 0 Å². The largest absolute Gasteiger partial charge is 0.321 e. The van der Waals surface area contributed by atoms with E-state index in [2.05, 4.69) is 26.1 Å². The van der Waals surface area contributed by atoms with Gasteiger partial charge in [-0.15, -0.1) is 11.3 Å². The first-order valence-corrected chi connectivity index (χ1v) is 7.89. The second kappa shape index (κ2) is 6.71. The molecule has 3 heteroatoms. The predicted molar refractivity (Wildman–Crippen MR) is 86.6 cm³/mol. The van der Waals surface area contributed by atoms with Crippen LogP contribution in [0.15, 0.2) is 41.8 Å². The average Bonchev–Trinajstić information content (AvgIpc) is 2.87. The summed E-state index contributed by atoms with van der Waals surface area (Å²) in [6, 6.07) is 11.3. The van der Waals surface area contributed by atoms with Gasteiger partial charge < -0.3 is 5.32 Å². The molecule has 2 nitrogen and oxygen atoms in total. The van der Waals surface area contributed by atoms with E-state index in [0.717, 1.165) is 12.1 Å². The highest BCUT2D eigenvalue weighted by Crippen LogP contribution is 2.34. The number of rotatable bonds is 5. The molecule has 1 atom stereocenters. The van der Waals surface area contributed by atoms with Crippen molar-refractivity contribution in [3.8, 4) is 0 Å². The van der Waals surface area contributed by atoms with Gasteiger partial charge in [0.05, 0.1) is 5.69 Å². The minimum Gasteiger partial charge on any atom is -0.321 e. The Morgan fingerprint density at radius 1 is 1.15 bits per heavy atom. The van der Waals surface area contributed by atoms with Gasteiger partial charge in [-0.3, -0.25) is 4.79 Å². The van der Waals surface area contributed by atoms with E-state index >= 15 is 0 Å². The number of carbonyl (C=O) groups excluding carboxylic acids is 1. The first-order valence-electron chi connectivity index (χ1n) is 7.01. The Morgan fingerprint density at radius 2 is 1.85 bits per heavy atom. The van der Waals surface area contributed by atoms with E-state index in [1.807, 2.05) is 41.8 Å². The van der Waals surface area contributed by atoms with Crippen molar-refractivity contribution < 1.29 is 4.79 Å². The Labute approximate surface area is 124 Å². The molecule has 0 fully saturated rings. The van der Waals surface area contributed by atoms with Crippen LogP contribution in [0.1, 0.15) is 48.3 Å². The minimum atomic E-state index is -0.0398. The number of nitrogens with one attached hydrogen (secondary N) is 1. The van der Waals surface area contributed by atoms with Crippen molar-refractivity contribution >= 4 is 22.9 Å². The Kier molecular flexibility index (Phi) is 4.96.